The molecular formula is C24H21N3O3. The molecule has 30 heavy (non-hydrogen) atoms. The molecule has 2 heterocycles. The Kier molecular flexibility index (Phi) is 5.30. The fourth-order valence-corrected chi connectivity index (χ4v) is 3.36. The van der Waals surface area contributed by atoms with Crippen LogP contribution < -0.4 is 10.1 Å². The summed E-state index contributed by atoms with van der Waals surface area (Å²) in [6.07, 6.45) is 0. The zero-order valence-corrected chi connectivity index (χ0v) is 17.0. The van der Waals surface area contributed by atoms with Crippen LogP contribution in [0.15, 0.2) is 71.3 Å². The zero-order chi connectivity index (χ0) is 21.1. The molecule has 0 aliphatic heterocycles. The summed E-state index contributed by atoms with van der Waals surface area (Å²) in [5, 5.41) is 6.75. The van der Waals surface area contributed by atoms with Crippen molar-refractivity contribution >= 4 is 11.6 Å². The van der Waals surface area contributed by atoms with Gasteiger partial charge in [0.15, 0.2) is 0 Å². The Labute approximate surface area is 174 Å². The summed E-state index contributed by atoms with van der Waals surface area (Å²) in [6, 6.07) is 21.2. The van der Waals surface area contributed by atoms with Gasteiger partial charge in [0.25, 0.3) is 5.91 Å². The van der Waals surface area contributed by atoms with Crippen LogP contribution in [0.4, 0.5) is 5.69 Å². The van der Waals surface area contributed by atoms with Crippen LogP contribution in [0.1, 0.15) is 21.8 Å². The van der Waals surface area contributed by atoms with Gasteiger partial charge in [0.05, 0.1) is 24.2 Å². The number of methoxy groups -OCH3 is 1. The van der Waals surface area contributed by atoms with E-state index < -0.39 is 0 Å². The normalized spacial score (nSPS) is 10.6. The number of ether oxygens (including phenoxy) is 1. The minimum absolute atomic E-state index is 0.251. The fraction of sp³-hybridized carbons (Fsp3) is 0.125. The van der Waals surface area contributed by atoms with Gasteiger partial charge in [0.2, 0.25) is 0 Å². The predicted octanol–water partition coefficient (Wildman–Crippen LogP) is 5.28. The molecule has 2 aromatic heterocycles. The molecule has 0 spiro atoms. The Morgan fingerprint density at radius 3 is 2.50 bits per heavy atom. The van der Waals surface area contributed by atoms with Crippen molar-refractivity contribution in [2.24, 2.45) is 0 Å². The SMILES string of the molecule is COc1ccccc1-c1cccc(-c2cccc(NC(=O)c3c(C)noc3C)c2)n1. The van der Waals surface area contributed by atoms with E-state index in [1.165, 1.54) is 0 Å². The first-order chi connectivity index (χ1) is 14.6. The molecule has 2 aromatic carbocycles. The number of para-hydroxylation sites is 1. The van der Waals surface area contributed by atoms with Gasteiger partial charge in [-0.15, -0.1) is 0 Å². The van der Waals surface area contributed by atoms with Gasteiger partial charge >= 0.3 is 0 Å². The molecule has 0 saturated carbocycles. The van der Waals surface area contributed by atoms with Crippen LogP contribution >= 0.6 is 0 Å². The first-order valence-electron chi connectivity index (χ1n) is 9.52. The van der Waals surface area contributed by atoms with Crippen molar-refractivity contribution in [1.29, 1.82) is 0 Å². The fourth-order valence-electron chi connectivity index (χ4n) is 3.36. The molecule has 4 rings (SSSR count). The lowest BCUT2D eigenvalue weighted by atomic mass is 10.1. The average molecular weight is 399 g/mol. The third-order valence-corrected chi connectivity index (χ3v) is 4.81. The number of nitrogens with zero attached hydrogens (tertiary/aromatic N) is 2. The third-order valence-electron chi connectivity index (χ3n) is 4.81. The van der Waals surface area contributed by atoms with Crippen LogP contribution in [-0.2, 0) is 0 Å². The molecule has 0 unspecified atom stereocenters. The second-order valence-corrected chi connectivity index (χ2v) is 6.84. The van der Waals surface area contributed by atoms with Crippen molar-refractivity contribution in [3.05, 3.63) is 83.7 Å². The van der Waals surface area contributed by atoms with E-state index in [1.807, 2.05) is 66.7 Å². The van der Waals surface area contributed by atoms with Crippen LogP contribution in [-0.4, -0.2) is 23.2 Å². The highest BCUT2D eigenvalue weighted by Crippen LogP contribution is 2.30. The maximum absolute atomic E-state index is 12.6. The van der Waals surface area contributed by atoms with E-state index in [0.29, 0.717) is 22.7 Å². The zero-order valence-electron chi connectivity index (χ0n) is 17.0. The van der Waals surface area contributed by atoms with Gasteiger partial charge < -0.3 is 14.6 Å². The number of carbonyl (C=O) groups is 1. The molecule has 1 amide bonds. The molecule has 0 radical (unpaired) electrons. The maximum Gasteiger partial charge on any atom is 0.261 e. The number of amides is 1. The van der Waals surface area contributed by atoms with E-state index in [-0.39, 0.29) is 5.91 Å². The molecular weight excluding hydrogens is 378 g/mol. The van der Waals surface area contributed by atoms with Crippen molar-refractivity contribution < 1.29 is 14.1 Å². The molecule has 6 heteroatoms. The van der Waals surface area contributed by atoms with Gasteiger partial charge in [0.1, 0.15) is 17.1 Å². The highest BCUT2D eigenvalue weighted by atomic mass is 16.5. The van der Waals surface area contributed by atoms with Crippen molar-refractivity contribution in [3.8, 4) is 28.3 Å². The summed E-state index contributed by atoms with van der Waals surface area (Å²) in [5.41, 5.74) is 5.11. The number of aromatic nitrogens is 2. The minimum atomic E-state index is -0.251. The highest BCUT2D eigenvalue weighted by molar-refractivity contribution is 6.05. The Morgan fingerprint density at radius 2 is 1.73 bits per heavy atom. The maximum atomic E-state index is 12.6. The van der Waals surface area contributed by atoms with Gasteiger partial charge in [-0.1, -0.05) is 35.5 Å². The Morgan fingerprint density at radius 1 is 0.967 bits per heavy atom. The standard InChI is InChI=1S/C24H21N3O3/c1-15-23(16(2)30-27-15)24(28)25-18-9-6-8-17(14-18)20-11-7-12-21(26-20)19-10-4-5-13-22(19)29-3/h4-14H,1-3H3,(H,25,28). The topological polar surface area (TPSA) is 77.2 Å². The number of benzene rings is 2. The van der Waals surface area contributed by atoms with E-state index in [1.54, 1.807) is 21.0 Å². The number of aryl methyl sites for hydroxylation is 2. The average Bonchev–Trinajstić information content (AvgIpc) is 3.12. The lowest BCUT2D eigenvalue weighted by molar-refractivity contribution is 0.102. The van der Waals surface area contributed by atoms with Gasteiger partial charge in [-0.05, 0) is 50.2 Å². The molecule has 0 aliphatic rings. The first kappa shape index (κ1) is 19.4. The van der Waals surface area contributed by atoms with Gasteiger partial charge in [-0.3, -0.25) is 4.79 Å². The van der Waals surface area contributed by atoms with Crippen LogP contribution in [0.5, 0.6) is 5.75 Å². The van der Waals surface area contributed by atoms with E-state index >= 15 is 0 Å². The summed E-state index contributed by atoms with van der Waals surface area (Å²) in [5.74, 6) is 1.01. The van der Waals surface area contributed by atoms with Crippen molar-refractivity contribution in [1.82, 2.24) is 10.1 Å². The van der Waals surface area contributed by atoms with E-state index in [9.17, 15) is 4.79 Å². The molecule has 150 valence electrons. The Bertz CT molecular complexity index is 1190. The summed E-state index contributed by atoms with van der Waals surface area (Å²) < 4.78 is 10.6. The molecule has 0 saturated heterocycles. The highest BCUT2D eigenvalue weighted by Gasteiger charge is 2.17. The lowest BCUT2D eigenvalue weighted by Gasteiger charge is -2.10. The van der Waals surface area contributed by atoms with Crippen LogP contribution in [0.2, 0.25) is 0 Å². The summed E-state index contributed by atoms with van der Waals surface area (Å²) >= 11 is 0. The third kappa shape index (κ3) is 3.80. The summed E-state index contributed by atoms with van der Waals surface area (Å²) in [6.45, 7) is 3.47. The molecule has 1 N–H and O–H groups in total. The van der Waals surface area contributed by atoms with E-state index in [4.69, 9.17) is 14.2 Å². The van der Waals surface area contributed by atoms with Crippen molar-refractivity contribution in [3.63, 3.8) is 0 Å². The molecule has 0 fully saturated rings. The van der Waals surface area contributed by atoms with E-state index in [0.717, 1.165) is 28.3 Å². The summed E-state index contributed by atoms with van der Waals surface area (Å²) in [7, 11) is 1.65. The van der Waals surface area contributed by atoms with Crippen LogP contribution in [0, 0.1) is 13.8 Å². The molecule has 0 bridgehead atoms. The Hall–Kier alpha value is -3.93. The van der Waals surface area contributed by atoms with Crippen LogP contribution in [0.25, 0.3) is 22.5 Å². The largest absolute Gasteiger partial charge is 0.496 e. The van der Waals surface area contributed by atoms with Crippen LogP contribution in [0.3, 0.4) is 0 Å². The number of rotatable bonds is 5. The van der Waals surface area contributed by atoms with Crippen molar-refractivity contribution in [2.45, 2.75) is 13.8 Å². The monoisotopic (exact) mass is 399 g/mol. The number of pyridine rings is 1. The number of carbonyl (C=O) groups excluding carboxylic acids is 1. The smallest absolute Gasteiger partial charge is 0.261 e. The quantitative estimate of drug-likeness (QED) is 0.494. The second-order valence-electron chi connectivity index (χ2n) is 6.84. The van der Waals surface area contributed by atoms with E-state index in [2.05, 4.69) is 10.5 Å². The lowest BCUT2D eigenvalue weighted by Crippen LogP contribution is -2.13. The number of nitrogens with one attached hydrogen (secondary N) is 1. The molecule has 4 aromatic rings. The summed E-state index contributed by atoms with van der Waals surface area (Å²) in [4.78, 5) is 17.4. The van der Waals surface area contributed by atoms with Gasteiger partial charge in [-0.25, -0.2) is 4.98 Å². The Balaban J connectivity index is 1.64. The van der Waals surface area contributed by atoms with Gasteiger partial charge in [0, 0.05) is 16.8 Å². The molecule has 0 aliphatic carbocycles. The molecule has 6 nitrogen and oxygen atoms in total. The minimum Gasteiger partial charge on any atom is -0.496 e. The van der Waals surface area contributed by atoms with Gasteiger partial charge in [-0.2, -0.15) is 0 Å². The predicted molar refractivity (Wildman–Crippen MR) is 116 cm³/mol. The van der Waals surface area contributed by atoms with Crippen molar-refractivity contribution in [2.75, 3.05) is 12.4 Å². The number of hydrogen-bond donors (Lipinski definition) is 1. The second kappa shape index (κ2) is 8.21. The number of anilines is 1. The number of hydrogen-bond acceptors (Lipinski definition) is 5. The first-order valence-corrected chi connectivity index (χ1v) is 9.52. The molecule has 0 atom stereocenters.